The molecule has 4 heterocycles. The number of methoxy groups -OCH3 is 3. The number of hydrogen-bond acceptors (Lipinski definition) is 13. The van der Waals surface area contributed by atoms with Crippen LogP contribution in [0.25, 0.3) is 0 Å². The number of rotatable bonds is 11. The molecule has 15 nitrogen and oxygen atoms in total. The highest BCUT2D eigenvalue weighted by Crippen LogP contribution is 2.34. The average molecular weight is 1280 g/mol. The van der Waals surface area contributed by atoms with Crippen molar-refractivity contribution in [2.24, 2.45) is 0 Å². The molecule has 0 spiro atoms. The van der Waals surface area contributed by atoms with E-state index in [9.17, 15) is 19.2 Å². The van der Waals surface area contributed by atoms with E-state index in [1.54, 1.807) is 66.6 Å². The molecule has 8 aromatic carbocycles. The number of aryl methyl sites for hydroxylation is 4. The number of carbonyl (C=O) groups excluding carboxylic acids is 4. The molecule has 5 N–H and O–H groups in total. The zero-order valence-corrected chi connectivity index (χ0v) is 52.9. The zero-order valence-electron chi connectivity index (χ0n) is 49.9. The summed E-state index contributed by atoms with van der Waals surface area (Å²) in [6, 6.07) is 53.0. The number of fused-ring (bicyclic) bond motifs is 4. The van der Waals surface area contributed by atoms with E-state index in [2.05, 4.69) is 55.1 Å². The molecule has 0 radical (unpaired) electrons. The fourth-order valence-electron chi connectivity index (χ4n) is 10.9. The molecule has 0 aromatic heterocycles. The second-order valence-corrected chi connectivity index (χ2v) is 23.2. The van der Waals surface area contributed by atoms with Gasteiger partial charge in [-0.05, 0) is 224 Å². The summed E-state index contributed by atoms with van der Waals surface area (Å²) in [5, 5.41) is 23.8. The van der Waals surface area contributed by atoms with E-state index < -0.39 is 11.8 Å². The van der Waals surface area contributed by atoms with E-state index in [0.717, 1.165) is 128 Å². The van der Waals surface area contributed by atoms with Gasteiger partial charge in [0.05, 0.1) is 32.5 Å². The molecule has 4 aliphatic rings. The van der Waals surface area contributed by atoms with Crippen molar-refractivity contribution in [3.63, 3.8) is 0 Å². The van der Waals surface area contributed by atoms with Crippen LogP contribution in [0, 0.1) is 0 Å². The number of carbonyl (C=O) groups is 4. The van der Waals surface area contributed by atoms with Crippen LogP contribution in [0.3, 0.4) is 0 Å². The highest BCUT2D eigenvalue weighted by Gasteiger charge is 2.21. The topological polar surface area (TPSA) is 182 Å². The number of nitrogens with one attached hydrogen (secondary N) is 3. The Labute approximate surface area is 539 Å². The molecule has 0 saturated heterocycles. The Morgan fingerprint density at radius 1 is 0.427 bits per heavy atom. The van der Waals surface area contributed by atoms with Gasteiger partial charge in [-0.25, -0.2) is 20.5 Å². The van der Waals surface area contributed by atoms with Crippen LogP contribution in [0.4, 0.5) is 22.7 Å². The number of nitrogens with zero attached hydrogens (tertiary/aromatic N) is 3. The predicted octanol–water partition coefficient (Wildman–Crippen LogP) is 15.1. The Kier molecular flexibility index (Phi) is 25.0. The number of ether oxygens (including phenoxy) is 3. The molecule has 0 atom stereocenters. The molecule has 19 heteroatoms. The van der Waals surface area contributed by atoms with E-state index in [4.69, 9.17) is 66.3 Å². The third kappa shape index (κ3) is 19.1. The minimum absolute atomic E-state index is 0.301. The van der Waals surface area contributed by atoms with Crippen LogP contribution < -0.4 is 35.7 Å². The van der Waals surface area contributed by atoms with Crippen molar-refractivity contribution in [2.45, 2.75) is 71.0 Å². The van der Waals surface area contributed by atoms with Crippen molar-refractivity contribution in [1.82, 2.24) is 11.0 Å². The Morgan fingerprint density at radius 3 is 1.10 bits per heavy atom. The summed E-state index contributed by atoms with van der Waals surface area (Å²) in [7, 11) is 4.33. The number of esters is 2. The second kappa shape index (κ2) is 33.3. The van der Waals surface area contributed by atoms with Crippen molar-refractivity contribution < 1.29 is 43.8 Å². The summed E-state index contributed by atoms with van der Waals surface area (Å²) >= 11 is 24.1. The summed E-state index contributed by atoms with van der Waals surface area (Å²) in [6.07, 6.45) is 8.91. The minimum atomic E-state index is -0.496. The minimum Gasteiger partial charge on any atom is -0.497 e. The maximum Gasteiger partial charge on any atom is 0.337 e. The monoisotopic (exact) mass is 1280 g/mol. The Bertz CT molecular complexity index is 3380. The van der Waals surface area contributed by atoms with Gasteiger partial charge in [-0.2, -0.15) is 0 Å². The van der Waals surface area contributed by atoms with Gasteiger partial charge in [-0.1, -0.05) is 82.8 Å². The lowest BCUT2D eigenvalue weighted by Gasteiger charge is -2.31. The standard InChI is InChI=1S/C18H18ClNO2.2C17H17ClN2O2.C9H10ClN.C9H10O3/c1-22-18(21)14-6-4-13(5-7-14)12-20-10-2-3-15-11-16(19)8-9-17(15)20;2*18-15-7-8-16-14(10-15)2-1-9-20(16)11-12-3-5-13(6-4-12)17(21)19-22;10-8-3-4-9-7(6-8)2-1-5-11-9;1-11-8-5-3-7(4-6-8)9(10)12-2/h4-9,11H,2-3,10,12H2,1H3;2*3-8,10,22H,1-2,9,11H2,(H,19,21);3-4,6,11H,1-2,5H2;3-6H,1-2H3. The van der Waals surface area contributed by atoms with Crippen LogP contribution in [0.15, 0.2) is 170 Å². The van der Waals surface area contributed by atoms with Crippen molar-refractivity contribution in [2.75, 3.05) is 67.5 Å². The first-order valence-corrected chi connectivity index (χ1v) is 30.8. The van der Waals surface area contributed by atoms with Gasteiger partial charge in [-0.15, -0.1) is 0 Å². The van der Waals surface area contributed by atoms with Crippen molar-refractivity contribution in [3.05, 3.63) is 251 Å². The van der Waals surface area contributed by atoms with Gasteiger partial charge in [0.15, 0.2) is 0 Å². The zero-order chi connectivity index (χ0) is 63.2. The van der Waals surface area contributed by atoms with Crippen molar-refractivity contribution >= 4 is 92.9 Å². The molecule has 0 aliphatic carbocycles. The molecular formula is C70H72Cl4N6O9. The van der Waals surface area contributed by atoms with Crippen molar-refractivity contribution in [3.8, 4) is 5.75 Å². The highest BCUT2D eigenvalue weighted by atomic mass is 35.5. The molecule has 0 fully saturated rings. The average Bonchev–Trinajstić information content (AvgIpc) is 1.76. The first kappa shape index (κ1) is 66.7. The smallest absolute Gasteiger partial charge is 0.337 e. The van der Waals surface area contributed by atoms with E-state index in [1.165, 1.54) is 71.2 Å². The quantitative estimate of drug-likeness (QED) is 0.0469. The molecule has 89 heavy (non-hydrogen) atoms. The summed E-state index contributed by atoms with van der Waals surface area (Å²) < 4.78 is 14.2. The lowest BCUT2D eigenvalue weighted by molar-refractivity contribution is 0.0592. The molecule has 0 saturated carbocycles. The first-order chi connectivity index (χ1) is 43.1. The van der Waals surface area contributed by atoms with Crippen LogP contribution >= 0.6 is 46.4 Å². The SMILES string of the molecule is COC(=O)c1ccc(CN2CCCc3cc(Cl)ccc32)cc1.COC(=O)c1ccc(OC)cc1.Clc1ccc2c(c1)CCCN2.O=C(NO)c1ccc(CN2CCCc3cc(Cl)ccc32)cc1.O=C(NO)c1ccc(CN2CCCc3cc(Cl)ccc32)cc1. The molecule has 0 unspecified atom stereocenters. The van der Waals surface area contributed by atoms with E-state index in [1.807, 2.05) is 91.0 Å². The molecular weight excluding hydrogens is 1210 g/mol. The van der Waals surface area contributed by atoms with Crippen molar-refractivity contribution in [1.29, 1.82) is 0 Å². The molecule has 0 bridgehead atoms. The Hall–Kier alpha value is -8.28. The van der Waals surface area contributed by atoms with Gasteiger partial charge in [0, 0.05) is 99.8 Å². The number of hydrogen-bond donors (Lipinski definition) is 5. The normalized spacial score (nSPS) is 13.2. The Morgan fingerprint density at radius 2 is 0.753 bits per heavy atom. The van der Waals surface area contributed by atoms with Gasteiger partial charge in [0.25, 0.3) is 11.8 Å². The first-order valence-electron chi connectivity index (χ1n) is 29.2. The predicted molar refractivity (Wildman–Crippen MR) is 354 cm³/mol. The Balaban J connectivity index is 0.000000148. The number of benzene rings is 8. The summed E-state index contributed by atoms with van der Waals surface area (Å²) in [6.45, 7) is 6.55. The van der Waals surface area contributed by atoms with Crippen LogP contribution in [-0.4, -0.2) is 81.7 Å². The fourth-order valence-corrected chi connectivity index (χ4v) is 11.7. The maximum absolute atomic E-state index is 11.5. The van der Waals surface area contributed by atoms with Crippen LogP contribution in [0.5, 0.6) is 5.75 Å². The molecule has 4 aliphatic heterocycles. The number of halogens is 4. The third-order valence-corrected chi connectivity index (χ3v) is 16.4. The largest absolute Gasteiger partial charge is 0.497 e. The lowest BCUT2D eigenvalue weighted by atomic mass is 10.0. The van der Waals surface area contributed by atoms with Crippen LogP contribution in [0.1, 0.15) is 106 Å². The summed E-state index contributed by atoms with van der Waals surface area (Å²) in [5.74, 6) is -0.904. The van der Waals surface area contributed by atoms with Crippen LogP contribution in [-0.2, 0) is 54.8 Å². The highest BCUT2D eigenvalue weighted by molar-refractivity contribution is 6.31. The lowest BCUT2D eigenvalue weighted by Crippen LogP contribution is -2.28. The van der Waals surface area contributed by atoms with Gasteiger partial charge in [0.1, 0.15) is 5.75 Å². The number of amides is 2. The maximum atomic E-state index is 11.5. The third-order valence-electron chi connectivity index (χ3n) is 15.4. The number of anilines is 4. The van der Waals surface area contributed by atoms with E-state index >= 15 is 0 Å². The number of hydroxylamine groups is 2. The second-order valence-electron chi connectivity index (χ2n) is 21.4. The van der Waals surface area contributed by atoms with Crippen LogP contribution in [0.2, 0.25) is 20.1 Å². The van der Waals surface area contributed by atoms with Gasteiger partial charge in [-0.3, -0.25) is 20.0 Å². The molecule has 12 rings (SSSR count). The van der Waals surface area contributed by atoms with E-state index in [0.29, 0.717) is 22.3 Å². The fraction of sp³-hybridized carbons (Fsp3) is 0.257. The molecule has 8 aromatic rings. The van der Waals surface area contributed by atoms with Gasteiger partial charge < -0.3 is 34.2 Å². The summed E-state index contributed by atoms with van der Waals surface area (Å²) in [5.41, 5.74) is 18.9. The van der Waals surface area contributed by atoms with E-state index in [-0.39, 0.29) is 11.9 Å². The van der Waals surface area contributed by atoms with Gasteiger partial charge in [0.2, 0.25) is 0 Å². The molecule has 464 valence electrons. The van der Waals surface area contributed by atoms with Gasteiger partial charge >= 0.3 is 11.9 Å². The molecule has 2 amide bonds. The summed E-state index contributed by atoms with van der Waals surface area (Å²) in [4.78, 5) is 52.1.